The van der Waals surface area contributed by atoms with Gasteiger partial charge in [-0.15, -0.1) is 0 Å². The van der Waals surface area contributed by atoms with E-state index in [-0.39, 0.29) is 17.9 Å². The largest absolute Gasteiger partial charge is 0.497 e. The van der Waals surface area contributed by atoms with Crippen molar-refractivity contribution in [2.75, 3.05) is 7.11 Å². The second-order valence-corrected chi connectivity index (χ2v) is 5.46. The van der Waals surface area contributed by atoms with Gasteiger partial charge in [-0.3, -0.25) is 9.59 Å². The van der Waals surface area contributed by atoms with E-state index in [4.69, 9.17) is 9.84 Å². The van der Waals surface area contributed by atoms with Gasteiger partial charge < -0.3 is 15.2 Å². The van der Waals surface area contributed by atoms with Gasteiger partial charge in [0.25, 0.3) is 0 Å². The van der Waals surface area contributed by atoms with Crippen molar-refractivity contribution in [3.8, 4) is 5.75 Å². The first kappa shape index (κ1) is 15.4. The standard InChI is InChI=1S/C16H21NO4/c1-21-14-4-2-3-11(9-14)5-8-15(18)17-13-7-6-12(10-13)16(19)20/h2-4,9,12-13H,5-8,10H2,1H3,(H,17,18)(H,19,20)/t12-,13+/m1/s1. The van der Waals surface area contributed by atoms with E-state index < -0.39 is 5.97 Å². The van der Waals surface area contributed by atoms with Crippen molar-refractivity contribution in [2.45, 2.75) is 38.1 Å². The molecule has 0 radical (unpaired) electrons. The minimum Gasteiger partial charge on any atom is -0.497 e. The number of methoxy groups -OCH3 is 1. The predicted octanol–water partition coefficient (Wildman–Crippen LogP) is 2.00. The van der Waals surface area contributed by atoms with Crippen LogP contribution in [0, 0.1) is 5.92 Å². The average molecular weight is 291 g/mol. The van der Waals surface area contributed by atoms with Gasteiger partial charge in [0, 0.05) is 12.5 Å². The zero-order chi connectivity index (χ0) is 15.2. The maximum Gasteiger partial charge on any atom is 0.306 e. The molecule has 0 spiro atoms. The van der Waals surface area contributed by atoms with Gasteiger partial charge in [-0.25, -0.2) is 0 Å². The van der Waals surface area contributed by atoms with Crippen LogP contribution in [0.2, 0.25) is 0 Å². The van der Waals surface area contributed by atoms with Crippen LogP contribution in [0.5, 0.6) is 5.75 Å². The highest BCUT2D eigenvalue weighted by Crippen LogP contribution is 2.25. The Kier molecular flexibility index (Phi) is 5.20. The molecule has 2 rings (SSSR count). The summed E-state index contributed by atoms with van der Waals surface area (Å²) in [5, 5.41) is 11.9. The number of hydrogen-bond donors (Lipinski definition) is 2. The van der Waals surface area contributed by atoms with Crippen LogP contribution in [0.1, 0.15) is 31.2 Å². The second-order valence-electron chi connectivity index (χ2n) is 5.46. The molecule has 114 valence electrons. The Bertz CT molecular complexity index is 515. The van der Waals surface area contributed by atoms with Crippen LogP contribution >= 0.6 is 0 Å². The number of rotatable bonds is 6. The molecule has 0 bridgehead atoms. The first-order chi connectivity index (χ1) is 10.1. The van der Waals surface area contributed by atoms with Crippen LogP contribution in [0.4, 0.5) is 0 Å². The molecule has 0 saturated heterocycles. The van der Waals surface area contributed by atoms with E-state index in [2.05, 4.69) is 5.32 Å². The highest BCUT2D eigenvalue weighted by molar-refractivity contribution is 5.77. The van der Waals surface area contributed by atoms with Gasteiger partial charge in [-0.2, -0.15) is 0 Å². The number of amides is 1. The number of benzene rings is 1. The number of aliphatic carboxylic acids is 1. The van der Waals surface area contributed by atoms with E-state index in [9.17, 15) is 9.59 Å². The summed E-state index contributed by atoms with van der Waals surface area (Å²) in [5.74, 6) is -0.307. The maximum atomic E-state index is 11.9. The predicted molar refractivity (Wildman–Crippen MR) is 78.2 cm³/mol. The van der Waals surface area contributed by atoms with Crippen LogP contribution in [0.3, 0.4) is 0 Å². The molecule has 0 aliphatic heterocycles. The molecular formula is C16H21NO4. The number of hydrogen-bond acceptors (Lipinski definition) is 3. The monoisotopic (exact) mass is 291 g/mol. The van der Waals surface area contributed by atoms with Gasteiger partial charge in [0.05, 0.1) is 13.0 Å². The lowest BCUT2D eigenvalue weighted by Gasteiger charge is -2.12. The third kappa shape index (κ3) is 4.48. The molecule has 1 aromatic carbocycles. The zero-order valence-electron chi connectivity index (χ0n) is 12.2. The molecule has 0 heterocycles. The maximum absolute atomic E-state index is 11.9. The molecule has 2 atom stereocenters. The van der Waals surface area contributed by atoms with Crippen LogP contribution in [-0.2, 0) is 16.0 Å². The van der Waals surface area contributed by atoms with E-state index in [1.54, 1.807) is 7.11 Å². The fourth-order valence-corrected chi connectivity index (χ4v) is 2.72. The summed E-state index contributed by atoms with van der Waals surface area (Å²) in [6, 6.07) is 7.66. The summed E-state index contributed by atoms with van der Waals surface area (Å²) in [4.78, 5) is 22.8. The molecule has 1 aliphatic rings. The molecule has 5 nitrogen and oxygen atoms in total. The quantitative estimate of drug-likeness (QED) is 0.840. The van der Waals surface area contributed by atoms with E-state index in [0.29, 0.717) is 25.7 Å². The Morgan fingerprint density at radius 2 is 2.19 bits per heavy atom. The SMILES string of the molecule is COc1cccc(CCC(=O)N[C@H]2CC[C@@H](C(=O)O)C2)c1. The number of aryl methyl sites for hydroxylation is 1. The highest BCUT2D eigenvalue weighted by atomic mass is 16.5. The lowest BCUT2D eigenvalue weighted by atomic mass is 10.1. The van der Waals surface area contributed by atoms with Gasteiger partial charge in [0.2, 0.25) is 5.91 Å². The lowest BCUT2D eigenvalue weighted by Crippen LogP contribution is -2.33. The molecular weight excluding hydrogens is 270 g/mol. The fraction of sp³-hybridized carbons (Fsp3) is 0.500. The fourth-order valence-electron chi connectivity index (χ4n) is 2.72. The Labute approximate surface area is 124 Å². The van der Waals surface area contributed by atoms with Crippen molar-refractivity contribution in [1.29, 1.82) is 0 Å². The molecule has 1 fully saturated rings. The third-order valence-electron chi connectivity index (χ3n) is 3.92. The van der Waals surface area contributed by atoms with Gasteiger partial charge in [0.15, 0.2) is 0 Å². The Morgan fingerprint density at radius 1 is 1.38 bits per heavy atom. The molecule has 1 amide bonds. The number of ether oxygens (including phenoxy) is 1. The molecule has 2 N–H and O–H groups in total. The minimum atomic E-state index is -0.761. The Hall–Kier alpha value is -2.04. The molecule has 1 aromatic rings. The summed E-state index contributed by atoms with van der Waals surface area (Å²) in [6.45, 7) is 0. The molecule has 1 aliphatic carbocycles. The summed E-state index contributed by atoms with van der Waals surface area (Å²) in [5.41, 5.74) is 1.05. The second kappa shape index (κ2) is 7.11. The van der Waals surface area contributed by atoms with Crippen LogP contribution < -0.4 is 10.1 Å². The molecule has 21 heavy (non-hydrogen) atoms. The number of carbonyl (C=O) groups is 2. The summed E-state index contributed by atoms with van der Waals surface area (Å²) in [7, 11) is 1.62. The van der Waals surface area contributed by atoms with Crippen LogP contribution in [0.25, 0.3) is 0 Å². The topological polar surface area (TPSA) is 75.6 Å². The van der Waals surface area contributed by atoms with Crippen LogP contribution in [0.15, 0.2) is 24.3 Å². The summed E-state index contributed by atoms with van der Waals surface area (Å²) < 4.78 is 5.15. The van der Waals surface area contributed by atoms with Crippen LogP contribution in [-0.4, -0.2) is 30.1 Å². The van der Waals surface area contributed by atoms with E-state index in [1.165, 1.54) is 0 Å². The van der Waals surface area contributed by atoms with Crippen molar-refractivity contribution in [3.63, 3.8) is 0 Å². The smallest absolute Gasteiger partial charge is 0.306 e. The van der Waals surface area contributed by atoms with Gasteiger partial charge in [0.1, 0.15) is 5.75 Å². The average Bonchev–Trinajstić information content (AvgIpc) is 2.94. The lowest BCUT2D eigenvalue weighted by molar-refractivity contribution is -0.141. The first-order valence-corrected chi connectivity index (χ1v) is 7.23. The van der Waals surface area contributed by atoms with Crippen molar-refractivity contribution in [3.05, 3.63) is 29.8 Å². The number of nitrogens with one attached hydrogen (secondary N) is 1. The van der Waals surface area contributed by atoms with Gasteiger partial charge in [-0.1, -0.05) is 12.1 Å². The Balaban J connectivity index is 1.76. The van der Waals surface area contributed by atoms with E-state index >= 15 is 0 Å². The van der Waals surface area contributed by atoms with Crippen molar-refractivity contribution in [2.24, 2.45) is 5.92 Å². The van der Waals surface area contributed by atoms with Crippen molar-refractivity contribution < 1.29 is 19.4 Å². The number of carboxylic acids is 1. The Morgan fingerprint density at radius 3 is 2.86 bits per heavy atom. The molecule has 5 heteroatoms. The zero-order valence-corrected chi connectivity index (χ0v) is 12.2. The van der Waals surface area contributed by atoms with E-state index in [1.807, 2.05) is 24.3 Å². The van der Waals surface area contributed by atoms with Crippen molar-refractivity contribution >= 4 is 11.9 Å². The van der Waals surface area contributed by atoms with Crippen molar-refractivity contribution in [1.82, 2.24) is 5.32 Å². The number of carboxylic acid groups (broad SMARTS) is 1. The van der Waals surface area contributed by atoms with Gasteiger partial charge in [-0.05, 0) is 43.4 Å². The first-order valence-electron chi connectivity index (χ1n) is 7.23. The normalized spacial score (nSPS) is 21.0. The molecule has 0 unspecified atom stereocenters. The molecule has 0 aromatic heterocycles. The van der Waals surface area contributed by atoms with Gasteiger partial charge >= 0.3 is 5.97 Å². The van der Waals surface area contributed by atoms with E-state index in [0.717, 1.165) is 17.7 Å². The highest BCUT2D eigenvalue weighted by Gasteiger charge is 2.30. The summed E-state index contributed by atoms with van der Waals surface area (Å²) in [6.07, 6.45) is 3.00. The third-order valence-corrected chi connectivity index (χ3v) is 3.92. The molecule has 1 saturated carbocycles. The summed E-state index contributed by atoms with van der Waals surface area (Å²) >= 11 is 0. The number of carbonyl (C=O) groups excluding carboxylic acids is 1. The minimum absolute atomic E-state index is 0.00362.